The summed E-state index contributed by atoms with van der Waals surface area (Å²) in [6.07, 6.45) is 11.4. The number of hydrogen-bond donors (Lipinski definition) is 4. The molecule has 0 aromatic rings. The summed E-state index contributed by atoms with van der Waals surface area (Å²) in [5, 5.41) is 43.0. The molecular weight excluding hydrogens is 460 g/mol. The van der Waals surface area contributed by atoms with E-state index in [9.17, 15) is 20.4 Å². The Morgan fingerprint density at radius 3 is 1.14 bits per heavy atom. The zero-order valence-electron chi connectivity index (χ0n) is 24.8. The first-order valence-corrected chi connectivity index (χ1v) is 16.1. The van der Waals surface area contributed by atoms with E-state index < -0.39 is 0 Å². The molecule has 16 unspecified atom stereocenters. The van der Waals surface area contributed by atoms with E-state index in [0.717, 1.165) is 64.2 Å². The maximum atomic E-state index is 11.2. The third kappa shape index (κ3) is 7.14. The van der Waals surface area contributed by atoms with Gasteiger partial charge in [0.1, 0.15) is 0 Å². The minimum atomic E-state index is -0.185. The molecule has 4 fully saturated rings. The molecule has 4 saturated carbocycles. The van der Waals surface area contributed by atoms with Crippen LogP contribution < -0.4 is 0 Å². The van der Waals surface area contributed by atoms with Crippen LogP contribution in [0.25, 0.3) is 0 Å². The Hall–Kier alpha value is -0.160. The highest BCUT2D eigenvalue weighted by molar-refractivity contribution is 4.93. The van der Waals surface area contributed by atoms with E-state index in [4.69, 9.17) is 0 Å². The standard InChI is InChI=1S/C33H60O4/c1-18-11-30(34)20(3)9-26(18)16-28-14-24(7-22(5)32(28)36)13-25-8-23(6)33(37)29(15-25)17-27-10-21(4)31(35)12-19(27)2/h18-37H,7-17H2,1-6H3. The van der Waals surface area contributed by atoms with Crippen molar-refractivity contribution in [3.8, 4) is 0 Å². The summed E-state index contributed by atoms with van der Waals surface area (Å²) in [4.78, 5) is 0. The number of aliphatic hydroxyl groups excluding tert-OH is 4. The fourth-order valence-electron chi connectivity index (χ4n) is 9.69. The van der Waals surface area contributed by atoms with Crippen LogP contribution in [-0.4, -0.2) is 44.8 Å². The second-order valence-electron chi connectivity index (χ2n) is 15.3. The Morgan fingerprint density at radius 1 is 0.378 bits per heavy atom. The van der Waals surface area contributed by atoms with Crippen LogP contribution in [0, 0.1) is 71.0 Å². The Kier molecular flexibility index (Phi) is 10.1. The van der Waals surface area contributed by atoms with Gasteiger partial charge >= 0.3 is 0 Å². The van der Waals surface area contributed by atoms with Gasteiger partial charge in [0.15, 0.2) is 0 Å². The van der Waals surface area contributed by atoms with Crippen LogP contribution in [0.3, 0.4) is 0 Å². The van der Waals surface area contributed by atoms with Crippen LogP contribution in [0.1, 0.15) is 112 Å². The highest BCUT2D eigenvalue weighted by Crippen LogP contribution is 2.48. The smallest absolute Gasteiger partial charge is 0.0594 e. The average molecular weight is 521 g/mol. The van der Waals surface area contributed by atoms with E-state index in [0.29, 0.717) is 71.0 Å². The first kappa shape index (κ1) is 29.8. The molecule has 37 heavy (non-hydrogen) atoms. The van der Waals surface area contributed by atoms with Crippen molar-refractivity contribution < 1.29 is 20.4 Å². The second kappa shape index (κ2) is 12.6. The lowest BCUT2D eigenvalue weighted by molar-refractivity contribution is -0.0457. The first-order chi connectivity index (χ1) is 17.4. The van der Waals surface area contributed by atoms with E-state index >= 15 is 0 Å². The van der Waals surface area contributed by atoms with Crippen molar-refractivity contribution in [2.45, 2.75) is 137 Å². The molecular formula is C33H60O4. The molecule has 4 heteroatoms. The lowest BCUT2D eigenvalue weighted by Crippen LogP contribution is -2.42. The van der Waals surface area contributed by atoms with Crippen molar-refractivity contribution in [2.24, 2.45) is 71.0 Å². The quantitative estimate of drug-likeness (QED) is 0.332. The summed E-state index contributed by atoms with van der Waals surface area (Å²) < 4.78 is 0. The molecule has 0 aromatic carbocycles. The van der Waals surface area contributed by atoms with Gasteiger partial charge in [-0.2, -0.15) is 0 Å². The highest BCUT2D eigenvalue weighted by Gasteiger charge is 2.42. The van der Waals surface area contributed by atoms with Crippen molar-refractivity contribution in [1.29, 1.82) is 0 Å². The Labute approximate surface area is 228 Å². The SMILES string of the molecule is CC1CC(CC2CC(CC3CC(C)C(O)C(CC4CC(C)C(O)CC4C)C3)CC(C)C2O)C(C)CC1O. The predicted molar refractivity (Wildman–Crippen MR) is 151 cm³/mol. The van der Waals surface area contributed by atoms with Gasteiger partial charge in [0.05, 0.1) is 24.4 Å². The fraction of sp³-hybridized carbons (Fsp3) is 1.00. The maximum absolute atomic E-state index is 11.2. The summed E-state index contributed by atoms with van der Waals surface area (Å²) in [5.41, 5.74) is 0. The molecule has 4 aliphatic carbocycles. The third-order valence-corrected chi connectivity index (χ3v) is 12.2. The van der Waals surface area contributed by atoms with Crippen molar-refractivity contribution >= 4 is 0 Å². The Morgan fingerprint density at radius 2 is 0.757 bits per heavy atom. The molecule has 4 rings (SSSR count). The molecule has 16 atom stereocenters. The molecule has 0 aliphatic heterocycles. The predicted octanol–water partition coefficient (Wildman–Crippen LogP) is 6.29. The third-order valence-electron chi connectivity index (χ3n) is 12.2. The zero-order valence-corrected chi connectivity index (χ0v) is 24.8. The lowest BCUT2D eigenvalue weighted by atomic mass is 9.62. The molecule has 4 aliphatic rings. The van der Waals surface area contributed by atoms with Crippen molar-refractivity contribution in [3.63, 3.8) is 0 Å². The molecule has 0 bridgehead atoms. The van der Waals surface area contributed by atoms with E-state index in [-0.39, 0.29) is 24.4 Å². The van der Waals surface area contributed by atoms with Gasteiger partial charge < -0.3 is 20.4 Å². The topological polar surface area (TPSA) is 80.9 Å². The van der Waals surface area contributed by atoms with Gasteiger partial charge in [0.2, 0.25) is 0 Å². The minimum Gasteiger partial charge on any atom is -0.393 e. The van der Waals surface area contributed by atoms with E-state index in [1.54, 1.807) is 0 Å². The van der Waals surface area contributed by atoms with Crippen LogP contribution in [0.4, 0.5) is 0 Å². The maximum Gasteiger partial charge on any atom is 0.0594 e. The summed E-state index contributed by atoms with van der Waals surface area (Å²) in [6, 6.07) is 0. The second-order valence-corrected chi connectivity index (χ2v) is 15.3. The lowest BCUT2D eigenvalue weighted by Gasteiger charge is -2.46. The molecule has 4 N–H and O–H groups in total. The minimum absolute atomic E-state index is 0.157. The summed E-state index contributed by atoms with van der Waals surface area (Å²) >= 11 is 0. The van der Waals surface area contributed by atoms with Crippen LogP contribution in [0.15, 0.2) is 0 Å². The van der Waals surface area contributed by atoms with Crippen LogP contribution in [-0.2, 0) is 0 Å². The van der Waals surface area contributed by atoms with Crippen molar-refractivity contribution in [3.05, 3.63) is 0 Å². The molecule has 0 radical (unpaired) electrons. The normalized spacial score (nSPS) is 53.7. The summed E-state index contributed by atoms with van der Waals surface area (Å²) in [7, 11) is 0. The molecule has 216 valence electrons. The number of rotatable bonds is 6. The van der Waals surface area contributed by atoms with Crippen LogP contribution in [0.2, 0.25) is 0 Å². The molecule has 0 saturated heterocycles. The summed E-state index contributed by atoms with van der Waals surface area (Å²) in [5.74, 6) is 5.96. The van der Waals surface area contributed by atoms with Gasteiger partial charge in [-0.25, -0.2) is 0 Å². The monoisotopic (exact) mass is 520 g/mol. The number of hydrogen-bond acceptors (Lipinski definition) is 4. The van der Waals surface area contributed by atoms with Crippen LogP contribution in [0.5, 0.6) is 0 Å². The van der Waals surface area contributed by atoms with Crippen molar-refractivity contribution in [1.82, 2.24) is 0 Å². The largest absolute Gasteiger partial charge is 0.393 e. The fourth-order valence-corrected chi connectivity index (χ4v) is 9.69. The van der Waals surface area contributed by atoms with Gasteiger partial charge in [-0.15, -0.1) is 0 Å². The molecule has 4 nitrogen and oxygen atoms in total. The van der Waals surface area contributed by atoms with Crippen LogP contribution >= 0.6 is 0 Å². The van der Waals surface area contributed by atoms with E-state index in [2.05, 4.69) is 41.5 Å². The van der Waals surface area contributed by atoms with Crippen molar-refractivity contribution in [2.75, 3.05) is 0 Å². The van der Waals surface area contributed by atoms with E-state index in [1.165, 1.54) is 6.42 Å². The van der Waals surface area contributed by atoms with Gasteiger partial charge in [-0.3, -0.25) is 0 Å². The van der Waals surface area contributed by atoms with Gasteiger partial charge in [-0.05, 0) is 142 Å². The number of aliphatic hydroxyl groups is 4. The van der Waals surface area contributed by atoms with Gasteiger partial charge in [-0.1, -0.05) is 41.5 Å². The zero-order chi connectivity index (χ0) is 27.0. The molecule has 0 aromatic heterocycles. The Balaban J connectivity index is 1.35. The summed E-state index contributed by atoms with van der Waals surface area (Å²) in [6.45, 7) is 13.5. The van der Waals surface area contributed by atoms with E-state index in [1.807, 2.05) is 0 Å². The Bertz CT molecular complexity index is 654. The molecule has 0 amide bonds. The first-order valence-electron chi connectivity index (χ1n) is 16.1. The molecule has 0 spiro atoms. The average Bonchev–Trinajstić information content (AvgIpc) is 2.82. The molecule has 0 heterocycles. The van der Waals surface area contributed by atoms with Gasteiger partial charge in [0.25, 0.3) is 0 Å². The van der Waals surface area contributed by atoms with Gasteiger partial charge in [0, 0.05) is 0 Å². The highest BCUT2D eigenvalue weighted by atomic mass is 16.3.